The van der Waals surface area contributed by atoms with Crippen LogP contribution in [0.1, 0.15) is 29.8 Å². The molecule has 16 heavy (non-hydrogen) atoms. The Labute approximate surface area is 92.7 Å². The van der Waals surface area contributed by atoms with Crippen LogP contribution in [-0.4, -0.2) is 5.78 Å². The molecule has 0 saturated carbocycles. The molecule has 0 bridgehead atoms. The SMILES string of the molecule is CCc1ccc2cc(C(C)=O)c(=O)oc2c1. The highest BCUT2D eigenvalue weighted by Gasteiger charge is 2.09. The predicted octanol–water partition coefficient (Wildman–Crippen LogP) is 2.56. The number of hydrogen-bond donors (Lipinski definition) is 0. The van der Waals surface area contributed by atoms with E-state index in [4.69, 9.17) is 4.42 Å². The number of hydrogen-bond acceptors (Lipinski definition) is 3. The van der Waals surface area contributed by atoms with Crippen LogP contribution in [0.4, 0.5) is 0 Å². The Morgan fingerprint density at radius 2 is 2.06 bits per heavy atom. The van der Waals surface area contributed by atoms with Crippen molar-refractivity contribution in [2.45, 2.75) is 20.3 Å². The van der Waals surface area contributed by atoms with Gasteiger partial charge >= 0.3 is 5.63 Å². The van der Waals surface area contributed by atoms with Gasteiger partial charge in [0.15, 0.2) is 5.78 Å². The summed E-state index contributed by atoms with van der Waals surface area (Å²) in [5.74, 6) is -0.268. The van der Waals surface area contributed by atoms with Gasteiger partial charge in [0.25, 0.3) is 0 Å². The van der Waals surface area contributed by atoms with E-state index in [-0.39, 0.29) is 11.3 Å². The van der Waals surface area contributed by atoms with Crippen LogP contribution in [0.3, 0.4) is 0 Å². The number of ketones is 1. The molecule has 0 aliphatic rings. The van der Waals surface area contributed by atoms with Crippen LogP contribution in [0.25, 0.3) is 11.0 Å². The largest absolute Gasteiger partial charge is 0.422 e. The van der Waals surface area contributed by atoms with Gasteiger partial charge in [-0.1, -0.05) is 19.1 Å². The summed E-state index contributed by atoms with van der Waals surface area (Å²) in [6.07, 6.45) is 0.883. The summed E-state index contributed by atoms with van der Waals surface area (Å²) in [5, 5.41) is 0.780. The Kier molecular flexibility index (Phi) is 2.60. The van der Waals surface area contributed by atoms with Crippen molar-refractivity contribution in [3.63, 3.8) is 0 Å². The zero-order valence-corrected chi connectivity index (χ0v) is 9.24. The summed E-state index contributed by atoms with van der Waals surface area (Å²) < 4.78 is 5.12. The van der Waals surface area contributed by atoms with Gasteiger partial charge in [-0.25, -0.2) is 4.79 Å². The van der Waals surface area contributed by atoms with E-state index in [0.29, 0.717) is 5.58 Å². The van der Waals surface area contributed by atoms with Crippen molar-refractivity contribution >= 4 is 16.8 Å². The van der Waals surface area contributed by atoms with E-state index >= 15 is 0 Å². The maximum Gasteiger partial charge on any atom is 0.347 e. The second kappa shape index (κ2) is 3.93. The first-order valence-electron chi connectivity index (χ1n) is 5.19. The first kappa shape index (κ1) is 10.6. The van der Waals surface area contributed by atoms with Gasteiger partial charge in [-0.3, -0.25) is 4.79 Å². The molecule has 0 atom stereocenters. The fraction of sp³-hybridized carbons (Fsp3) is 0.231. The Morgan fingerprint density at radius 1 is 1.31 bits per heavy atom. The zero-order chi connectivity index (χ0) is 11.7. The number of benzene rings is 1. The number of rotatable bonds is 2. The van der Waals surface area contributed by atoms with Crippen LogP contribution >= 0.6 is 0 Å². The van der Waals surface area contributed by atoms with Gasteiger partial charge < -0.3 is 4.42 Å². The third kappa shape index (κ3) is 1.76. The summed E-state index contributed by atoms with van der Waals surface area (Å²) in [4.78, 5) is 22.7. The summed E-state index contributed by atoms with van der Waals surface area (Å²) in [5.41, 5.74) is 1.19. The molecule has 2 aromatic rings. The molecule has 0 aliphatic carbocycles. The van der Waals surface area contributed by atoms with E-state index in [2.05, 4.69) is 0 Å². The van der Waals surface area contributed by atoms with Crippen LogP contribution < -0.4 is 5.63 Å². The molecule has 3 nitrogen and oxygen atoms in total. The van der Waals surface area contributed by atoms with Gasteiger partial charge in [0.1, 0.15) is 11.1 Å². The molecule has 0 fully saturated rings. The molecule has 82 valence electrons. The number of carbonyl (C=O) groups excluding carboxylic acids is 1. The van der Waals surface area contributed by atoms with Crippen LogP contribution in [-0.2, 0) is 6.42 Å². The average Bonchev–Trinajstić information content (AvgIpc) is 2.27. The Morgan fingerprint density at radius 3 is 2.69 bits per heavy atom. The molecule has 1 heterocycles. The lowest BCUT2D eigenvalue weighted by Crippen LogP contribution is -2.10. The van der Waals surface area contributed by atoms with E-state index < -0.39 is 5.63 Å². The Balaban J connectivity index is 2.74. The highest BCUT2D eigenvalue weighted by Crippen LogP contribution is 2.16. The van der Waals surface area contributed by atoms with E-state index in [1.165, 1.54) is 6.92 Å². The topological polar surface area (TPSA) is 47.3 Å². The molecular formula is C13H12O3. The summed E-state index contributed by atoms with van der Waals surface area (Å²) >= 11 is 0. The van der Waals surface area contributed by atoms with Gasteiger partial charge in [0, 0.05) is 5.39 Å². The maximum atomic E-state index is 11.5. The van der Waals surface area contributed by atoms with E-state index in [0.717, 1.165) is 17.4 Å². The minimum atomic E-state index is -0.562. The molecule has 0 N–H and O–H groups in total. The monoisotopic (exact) mass is 216 g/mol. The molecule has 1 aromatic heterocycles. The van der Waals surface area contributed by atoms with Crippen molar-refractivity contribution in [1.82, 2.24) is 0 Å². The van der Waals surface area contributed by atoms with Crippen molar-refractivity contribution in [1.29, 1.82) is 0 Å². The number of fused-ring (bicyclic) bond motifs is 1. The quantitative estimate of drug-likeness (QED) is 0.572. The highest BCUT2D eigenvalue weighted by molar-refractivity contribution is 5.96. The normalized spacial score (nSPS) is 10.6. The van der Waals surface area contributed by atoms with Crippen LogP contribution in [0.5, 0.6) is 0 Å². The van der Waals surface area contributed by atoms with Crippen LogP contribution in [0.2, 0.25) is 0 Å². The van der Waals surface area contributed by atoms with Gasteiger partial charge in [-0.2, -0.15) is 0 Å². The number of aryl methyl sites for hydroxylation is 1. The van der Waals surface area contributed by atoms with Crippen molar-refractivity contribution in [2.75, 3.05) is 0 Å². The molecular weight excluding hydrogens is 204 g/mol. The molecule has 0 radical (unpaired) electrons. The summed E-state index contributed by atoms with van der Waals surface area (Å²) in [6, 6.07) is 7.25. The first-order valence-corrected chi connectivity index (χ1v) is 5.19. The van der Waals surface area contributed by atoms with Crippen molar-refractivity contribution in [2.24, 2.45) is 0 Å². The lowest BCUT2D eigenvalue weighted by Gasteiger charge is -2.01. The minimum Gasteiger partial charge on any atom is -0.422 e. The average molecular weight is 216 g/mol. The van der Waals surface area contributed by atoms with Crippen molar-refractivity contribution in [3.8, 4) is 0 Å². The molecule has 0 spiro atoms. The molecule has 3 heteroatoms. The lowest BCUT2D eigenvalue weighted by atomic mass is 10.1. The van der Waals surface area contributed by atoms with Crippen LogP contribution in [0, 0.1) is 0 Å². The number of carbonyl (C=O) groups is 1. The lowest BCUT2D eigenvalue weighted by molar-refractivity contribution is 0.101. The number of Topliss-reactive ketones (excluding diaryl/α,β-unsaturated/α-hetero) is 1. The second-order valence-corrected chi connectivity index (χ2v) is 3.73. The second-order valence-electron chi connectivity index (χ2n) is 3.73. The van der Waals surface area contributed by atoms with E-state index in [9.17, 15) is 9.59 Å². The van der Waals surface area contributed by atoms with E-state index in [1.807, 2.05) is 25.1 Å². The fourth-order valence-corrected chi connectivity index (χ4v) is 1.62. The molecule has 2 rings (SSSR count). The van der Waals surface area contributed by atoms with Crippen molar-refractivity contribution in [3.05, 3.63) is 45.8 Å². The molecule has 1 aromatic carbocycles. The highest BCUT2D eigenvalue weighted by atomic mass is 16.4. The summed E-state index contributed by atoms with van der Waals surface area (Å²) in [7, 11) is 0. The first-order chi connectivity index (χ1) is 7.61. The Bertz CT molecular complexity index is 608. The zero-order valence-electron chi connectivity index (χ0n) is 9.24. The molecule has 0 amide bonds. The fourth-order valence-electron chi connectivity index (χ4n) is 1.62. The van der Waals surface area contributed by atoms with Gasteiger partial charge in [0.2, 0.25) is 0 Å². The standard InChI is InChI=1S/C13H12O3/c1-3-9-4-5-10-7-11(8(2)14)13(15)16-12(10)6-9/h4-7H,3H2,1-2H3. The van der Waals surface area contributed by atoms with Gasteiger partial charge in [-0.05, 0) is 31.0 Å². The predicted molar refractivity (Wildman–Crippen MR) is 61.9 cm³/mol. The molecule has 0 unspecified atom stereocenters. The maximum absolute atomic E-state index is 11.5. The van der Waals surface area contributed by atoms with Gasteiger partial charge in [-0.15, -0.1) is 0 Å². The van der Waals surface area contributed by atoms with Crippen LogP contribution in [0.15, 0.2) is 33.5 Å². The third-order valence-electron chi connectivity index (χ3n) is 2.59. The van der Waals surface area contributed by atoms with Gasteiger partial charge in [0.05, 0.1) is 0 Å². The Hall–Kier alpha value is -1.90. The van der Waals surface area contributed by atoms with Crippen molar-refractivity contribution < 1.29 is 9.21 Å². The molecule has 0 aliphatic heterocycles. The van der Waals surface area contributed by atoms with E-state index in [1.54, 1.807) is 6.07 Å². The summed E-state index contributed by atoms with van der Waals surface area (Å²) in [6.45, 7) is 3.39. The smallest absolute Gasteiger partial charge is 0.347 e. The third-order valence-corrected chi connectivity index (χ3v) is 2.59. The minimum absolute atomic E-state index is 0.108. The molecule has 0 saturated heterocycles.